The minimum Gasteiger partial charge on any atom is -0.504 e. The Kier molecular flexibility index (Phi) is 4.79. The molecule has 0 radical (unpaired) electrons. The molecule has 0 unspecified atom stereocenters. The number of nitrogens with one attached hydrogen (secondary N) is 1. The van der Waals surface area contributed by atoms with Crippen LogP contribution in [0.1, 0.15) is 15.9 Å². The molecule has 5 heteroatoms. The highest BCUT2D eigenvalue weighted by Crippen LogP contribution is 2.26. The van der Waals surface area contributed by atoms with E-state index in [-0.39, 0.29) is 11.7 Å². The summed E-state index contributed by atoms with van der Waals surface area (Å²) < 4.78 is 10.00. The molecular formula is C16H17NO4. The Labute approximate surface area is 123 Å². The van der Waals surface area contributed by atoms with Gasteiger partial charge in [0.15, 0.2) is 11.5 Å². The van der Waals surface area contributed by atoms with E-state index in [0.29, 0.717) is 23.6 Å². The summed E-state index contributed by atoms with van der Waals surface area (Å²) in [6.07, 6.45) is 0. The van der Waals surface area contributed by atoms with Crippen molar-refractivity contribution in [3.05, 3.63) is 53.6 Å². The van der Waals surface area contributed by atoms with Gasteiger partial charge in [-0.15, -0.1) is 0 Å². The van der Waals surface area contributed by atoms with Crippen molar-refractivity contribution in [2.45, 2.75) is 6.61 Å². The van der Waals surface area contributed by atoms with E-state index in [4.69, 9.17) is 9.47 Å². The normalized spacial score (nSPS) is 10.2. The van der Waals surface area contributed by atoms with Gasteiger partial charge in [-0.3, -0.25) is 4.79 Å². The van der Waals surface area contributed by atoms with Crippen molar-refractivity contribution in [1.82, 2.24) is 0 Å². The van der Waals surface area contributed by atoms with E-state index < -0.39 is 0 Å². The van der Waals surface area contributed by atoms with E-state index in [1.54, 1.807) is 25.3 Å². The summed E-state index contributed by atoms with van der Waals surface area (Å²) in [5.41, 5.74) is 1.99. The van der Waals surface area contributed by atoms with Gasteiger partial charge in [0.25, 0.3) is 5.91 Å². The first-order chi connectivity index (χ1) is 10.1. The van der Waals surface area contributed by atoms with Crippen molar-refractivity contribution < 1.29 is 19.4 Å². The molecule has 0 fully saturated rings. The van der Waals surface area contributed by atoms with Crippen LogP contribution in [0.25, 0.3) is 0 Å². The van der Waals surface area contributed by atoms with E-state index in [1.807, 2.05) is 18.2 Å². The first-order valence-electron chi connectivity index (χ1n) is 6.40. The van der Waals surface area contributed by atoms with Crippen LogP contribution in [-0.4, -0.2) is 25.2 Å². The second kappa shape index (κ2) is 6.76. The third-order valence-electron chi connectivity index (χ3n) is 2.94. The van der Waals surface area contributed by atoms with Gasteiger partial charge in [-0.05, 0) is 35.9 Å². The molecular weight excluding hydrogens is 270 g/mol. The Balaban J connectivity index is 2.14. The second-order valence-corrected chi connectivity index (χ2v) is 4.47. The standard InChI is InChI=1S/C16H17NO4/c1-20-10-11-4-3-5-13(8-11)17-16(19)12-6-7-15(21-2)14(18)9-12/h3-9,18H,10H2,1-2H3,(H,17,19). The van der Waals surface area contributed by atoms with Gasteiger partial charge >= 0.3 is 0 Å². The van der Waals surface area contributed by atoms with E-state index in [1.165, 1.54) is 13.2 Å². The maximum absolute atomic E-state index is 12.1. The van der Waals surface area contributed by atoms with Gasteiger partial charge in [-0.1, -0.05) is 12.1 Å². The number of benzene rings is 2. The van der Waals surface area contributed by atoms with E-state index in [0.717, 1.165) is 5.56 Å². The molecule has 0 spiro atoms. The number of hydrogen-bond donors (Lipinski definition) is 2. The molecule has 0 saturated heterocycles. The van der Waals surface area contributed by atoms with Crippen LogP contribution in [0.4, 0.5) is 5.69 Å². The molecule has 0 heterocycles. The average Bonchev–Trinajstić information content (AvgIpc) is 2.48. The lowest BCUT2D eigenvalue weighted by Crippen LogP contribution is -2.12. The largest absolute Gasteiger partial charge is 0.504 e. The molecule has 0 saturated carbocycles. The summed E-state index contributed by atoms with van der Waals surface area (Å²) in [4.78, 5) is 12.1. The third kappa shape index (κ3) is 3.73. The number of phenolic OH excluding ortho intramolecular Hbond substituents is 1. The molecule has 2 aromatic carbocycles. The average molecular weight is 287 g/mol. The summed E-state index contributed by atoms with van der Waals surface area (Å²) in [6, 6.07) is 11.9. The smallest absolute Gasteiger partial charge is 0.255 e. The summed E-state index contributed by atoms with van der Waals surface area (Å²) in [7, 11) is 3.07. The molecule has 1 amide bonds. The highest BCUT2D eigenvalue weighted by atomic mass is 16.5. The molecule has 21 heavy (non-hydrogen) atoms. The van der Waals surface area contributed by atoms with E-state index in [9.17, 15) is 9.90 Å². The Morgan fingerprint density at radius 1 is 1.19 bits per heavy atom. The maximum atomic E-state index is 12.1. The van der Waals surface area contributed by atoms with Crippen molar-refractivity contribution in [2.24, 2.45) is 0 Å². The van der Waals surface area contributed by atoms with Crippen LogP contribution >= 0.6 is 0 Å². The van der Waals surface area contributed by atoms with Crippen molar-refractivity contribution in [3.8, 4) is 11.5 Å². The predicted octanol–water partition coefficient (Wildman–Crippen LogP) is 2.80. The zero-order valence-corrected chi connectivity index (χ0v) is 11.9. The van der Waals surface area contributed by atoms with Crippen LogP contribution in [0.5, 0.6) is 11.5 Å². The molecule has 0 aliphatic rings. The van der Waals surface area contributed by atoms with Crippen LogP contribution in [0, 0.1) is 0 Å². The monoisotopic (exact) mass is 287 g/mol. The number of anilines is 1. The maximum Gasteiger partial charge on any atom is 0.255 e. The Morgan fingerprint density at radius 3 is 2.67 bits per heavy atom. The highest BCUT2D eigenvalue weighted by molar-refractivity contribution is 6.04. The van der Waals surface area contributed by atoms with Crippen LogP contribution in [-0.2, 0) is 11.3 Å². The van der Waals surface area contributed by atoms with Crippen molar-refractivity contribution in [3.63, 3.8) is 0 Å². The third-order valence-corrected chi connectivity index (χ3v) is 2.94. The number of carbonyl (C=O) groups is 1. The molecule has 2 N–H and O–H groups in total. The van der Waals surface area contributed by atoms with Gasteiger partial charge < -0.3 is 19.9 Å². The quantitative estimate of drug-likeness (QED) is 0.887. The molecule has 0 aliphatic heterocycles. The van der Waals surface area contributed by atoms with Gasteiger partial charge in [-0.25, -0.2) is 0 Å². The van der Waals surface area contributed by atoms with Gasteiger partial charge in [0.1, 0.15) is 0 Å². The fourth-order valence-corrected chi connectivity index (χ4v) is 1.94. The van der Waals surface area contributed by atoms with Crippen LogP contribution in [0.2, 0.25) is 0 Å². The minimum atomic E-state index is -0.303. The summed E-state index contributed by atoms with van der Waals surface area (Å²) in [5.74, 6) is -0.0468. The topological polar surface area (TPSA) is 67.8 Å². The van der Waals surface area contributed by atoms with Gasteiger partial charge in [0, 0.05) is 18.4 Å². The van der Waals surface area contributed by atoms with Gasteiger partial charge in [-0.2, -0.15) is 0 Å². The van der Waals surface area contributed by atoms with Crippen LogP contribution < -0.4 is 10.1 Å². The SMILES string of the molecule is COCc1cccc(NC(=O)c2ccc(OC)c(O)c2)c1. The van der Waals surface area contributed by atoms with E-state index >= 15 is 0 Å². The second-order valence-electron chi connectivity index (χ2n) is 4.47. The Morgan fingerprint density at radius 2 is 2.00 bits per heavy atom. The van der Waals surface area contributed by atoms with Crippen LogP contribution in [0.3, 0.4) is 0 Å². The van der Waals surface area contributed by atoms with Gasteiger partial charge in [0.05, 0.1) is 13.7 Å². The number of aromatic hydroxyl groups is 1. The van der Waals surface area contributed by atoms with Crippen molar-refractivity contribution >= 4 is 11.6 Å². The van der Waals surface area contributed by atoms with Gasteiger partial charge in [0.2, 0.25) is 0 Å². The van der Waals surface area contributed by atoms with Crippen molar-refractivity contribution in [2.75, 3.05) is 19.5 Å². The fourth-order valence-electron chi connectivity index (χ4n) is 1.94. The number of carbonyl (C=O) groups excluding carboxylic acids is 1. The first kappa shape index (κ1) is 14.9. The molecule has 5 nitrogen and oxygen atoms in total. The first-order valence-corrected chi connectivity index (χ1v) is 6.40. The summed E-state index contributed by atoms with van der Waals surface area (Å²) in [5, 5.41) is 12.5. The molecule has 2 rings (SSSR count). The predicted molar refractivity (Wildman–Crippen MR) is 79.8 cm³/mol. The molecule has 2 aromatic rings. The minimum absolute atomic E-state index is 0.0710. The molecule has 110 valence electrons. The van der Waals surface area contributed by atoms with E-state index in [2.05, 4.69) is 5.32 Å². The lowest BCUT2D eigenvalue weighted by Gasteiger charge is -2.09. The number of methoxy groups -OCH3 is 2. The lowest BCUT2D eigenvalue weighted by atomic mass is 10.1. The summed E-state index contributed by atoms with van der Waals surface area (Å²) in [6.45, 7) is 0.479. The Hall–Kier alpha value is -2.53. The molecule has 0 bridgehead atoms. The molecule has 0 aliphatic carbocycles. The zero-order valence-electron chi connectivity index (χ0n) is 11.9. The van der Waals surface area contributed by atoms with Crippen LogP contribution in [0.15, 0.2) is 42.5 Å². The van der Waals surface area contributed by atoms with Crippen molar-refractivity contribution in [1.29, 1.82) is 0 Å². The summed E-state index contributed by atoms with van der Waals surface area (Å²) >= 11 is 0. The molecule has 0 aromatic heterocycles. The Bertz CT molecular complexity index is 640. The molecule has 0 atom stereocenters. The number of ether oxygens (including phenoxy) is 2. The number of hydrogen-bond acceptors (Lipinski definition) is 4. The lowest BCUT2D eigenvalue weighted by molar-refractivity contribution is 0.102. The fraction of sp³-hybridized carbons (Fsp3) is 0.188. The zero-order chi connectivity index (χ0) is 15.2. The highest BCUT2D eigenvalue weighted by Gasteiger charge is 2.10. The number of rotatable bonds is 5. The number of phenols is 1. The number of amides is 1.